The maximum Gasteiger partial charge on any atom is 3.00 e. The van der Waals surface area contributed by atoms with Crippen LogP contribution in [0.15, 0.2) is 284 Å². The summed E-state index contributed by atoms with van der Waals surface area (Å²) >= 11 is 0. The first-order chi connectivity index (χ1) is 54.4. The number of ketones is 4. The van der Waals surface area contributed by atoms with Gasteiger partial charge in [-0.05, 0) is 220 Å². The monoisotopic (exact) mass is 2470 g/mol. The van der Waals surface area contributed by atoms with Crippen LogP contribution < -0.4 is 24.9 Å². The standard InChI is InChI=1S/C15H11N4.C13H10N3.3C12H8N3.C6H10O2.3C5H8O2.CN.CHO.5Ir/c1-19-13-9-5-4-8-12(13)18-15(19)14-16-10-6-2-3-7-11(10)17-14;1-9-6-7-14-12(8-9)13-15-10-4-2-3-5-11(10)16-13;3*1-2-6-10-9(5-1)14-12(15-10)11-7-3-4-8-13-11;1-4(5(2)7)6(3)8;3*1-4(6)3-5(2)7;2*1-2;;;;;/h2-9H,1H3;2-8H,1H3;3*1-8H;7H,1-3H3;3*3,6H,1-2H3;;1H;;;;;/q5*-1;;;;;2*-1;;;;;+3. The molecule has 0 aliphatic rings. The third kappa shape index (κ3) is 34.0. The predicted octanol–water partition coefficient (Wildman–Crippen LogP) is 16.4. The number of rotatable bonds is 9. The summed E-state index contributed by atoms with van der Waals surface area (Å²) < 4.78 is 2.03. The number of aryl methyl sites for hydroxylation is 2. The van der Waals surface area contributed by atoms with Crippen molar-refractivity contribution < 1.29 is 145 Å². The molecule has 6 aromatic carbocycles. The molecule has 616 valence electrons. The molecule has 0 spiro atoms. The van der Waals surface area contributed by atoms with Crippen LogP contribution in [0.5, 0.6) is 0 Å². The van der Waals surface area contributed by atoms with Crippen molar-refractivity contribution in [2.45, 2.75) is 69.2 Å². The summed E-state index contributed by atoms with van der Waals surface area (Å²) in [6, 6.07) is 68.4. The number of allylic oxidation sites excluding steroid dienone is 8. The molecule has 0 aliphatic carbocycles. The molecule has 0 aliphatic heterocycles. The van der Waals surface area contributed by atoms with Crippen molar-refractivity contribution in [2.75, 3.05) is 0 Å². The van der Waals surface area contributed by atoms with Gasteiger partial charge in [-0.15, -0.1) is 0 Å². The van der Waals surface area contributed by atoms with Gasteiger partial charge in [0, 0.05) is 136 Å². The second kappa shape index (κ2) is 54.8. The van der Waals surface area contributed by atoms with Gasteiger partial charge in [0.15, 0.2) is 23.1 Å². The fourth-order valence-electron chi connectivity index (χ4n) is 9.72. The Bertz CT molecular complexity index is 5410. The molecule has 4 N–H and O–H groups in total. The molecule has 0 amide bonds. The van der Waals surface area contributed by atoms with Crippen LogP contribution in [0.1, 0.15) is 67.9 Å². The largest absolute Gasteiger partial charge is 3.00 e. The molecule has 31 heteroatoms. The van der Waals surface area contributed by atoms with Gasteiger partial charge in [-0.1, -0.05) is 152 Å². The van der Waals surface area contributed by atoms with E-state index in [2.05, 4.69) is 87.6 Å². The fourth-order valence-corrected chi connectivity index (χ4v) is 9.72. The number of Topliss-reactive ketones (excluding diaryl/α,β-unsaturated/α-hetero) is 1. The molecule has 0 fully saturated rings. The number of aromatic nitrogens is 16. The number of para-hydroxylation sites is 12. The van der Waals surface area contributed by atoms with E-state index in [1.807, 2.05) is 225 Å². The molecule has 16 aromatic rings. The van der Waals surface area contributed by atoms with E-state index in [0.717, 1.165) is 94.8 Å². The smallest absolute Gasteiger partial charge is 0.545 e. The maximum absolute atomic E-state index is 10.4. The first-order valence-corrected chi connectivity index (χ1v) is 34.4. The third-order valence-electron chi connectivity index (χ3n) is 14.8. The van der Waals surface area contributed by atoms with E-state index in [4.69, 9.17) is 37.1 Å². The number of hydrogen-bond acceptors (Lipinski definition) is 20. The van der Waals surface area contributed by atoms with Gasteiger partial charge >= 0.3 is 20.1 Å². The number of benzene rings is 6. The summed E-state index contributed by atoms with van der Waals surface area (Å²) in [6.07, 6.45) is 10.5. The Balaban J connectivity index is 0.000000671. The van der Waals surface area contributed by atoms with Crippen LogP contribution in [0, 0.1) is 18.8 Å². The minimum Gasteiger partial charge on any atom is -0.545 e. The molecule has 16 rings (SSSR count). The van der Waals surface area contributed by atoms with Crippen molar-refractivity contribution in [3.8, 4) is 57.7 Å². The molecular weight excluding hydrogens is 2390 g/mol. The number of aliphatic hydroxyl groups excluding tert-OH is 4. The normalized spacial score (nSPS) is 10.3. The van der Waals surface area contributed by atoms with E-state index in [1.54, 1.807) is 31.7 Å². The van der Waals surface area contributed by atoms with Crippen molar-refractivity contribution in [2.24, 2.45) is 7.05 Å². The van der Waals surface area contributed by atoms with Gasteiger partial charge < -0.3 is 91.5 Å². The molecule has 10 heterocycles. The number of fused-ring (bicyclic) bond motifs is 6. The second-order valence-corrected chi connectivity index (χ2v) is 24.0. The van der Waals surface area contributed by atoms with E-state index in [0.29, 0.717) is 34.7 Å². The van der Waals surface area contributed by atoms with Crippen molar-refractivity contribution in [1.29, 1.82) is 5.26 Å². The number of imidazole rings is 6. The van der Waals surface area contributed by atoms with Gasteiger partial charge in [0.05, 0.1) is 56.8 Å². The molecule has 0 unspecified atom stereocenters. The summed E-state index contributed by atoms with van der Waals surface area (Å²) in [7, 11) is 1.99. The quantitative estimate of drug-likeness (QED) is 0.0451. The van der Waals surface area contributed by atoms with E-state index in [-0.39, 0.29) is 147 Å². The zero-order valence-corrected chi connectivity index (χ0v) is 77.4. The Kier molecular flexibility index (Phi) is 48.3. The zero-order valence-electron chi connectivity index (χ0n) is 65.4. The van der Waals surface area contributed by atoms with Gasteiger partial charge in [0.1, 0.15) is 5.82 Å². The van der Waals surface area contributed by atoms with Crippen molar-refractivity contribution in [1.82, 2.24) is 79.3 Å². The zero-order chi connectivity index (χ0) is 82.4. The summed E-state index contributed by atoms with van der Waals surface area (Å²) in [5.74, 6) is 4.10. The first kappa shape index (κ1) is 104. The van der Waals surface area contributed by atoms with Crippen LogP contribution in [0.3, 0.4) is 0 Å². The molecule has 0 bridgehead atoms. The molecule has 26 nitrogen and oxygen atoms in total. The molecule has 0 saturated carbocycles. The molecule has 10 aromatic heterocycles. The van der Waals surface area contributed by atoms with Crippen LogP contribution in [-0.2, 0) is 132 Å². The average molecular weight is 2470 g/mol. The number of nitrogens with zero attached hydrogens (tertiary/aromatic N) is 17. The minimum atomic E-state index is -0.125. The van der Waals surface area contributed by atoms with Crippen LogP contribution >= 0.6 is 0 Å². The number of hydrogen-bond donors (Lipinski definition) is 4. The molecule has 0 saturated heterocycles. The molecule has 118 heavy (non-hydrogen) atoms. The number of pyridine rings is 4. The van der Waals surface area contributed by atoms with Gasteiger partial charge in [0.25, 0.3) is 0 Å². The van der Waals surface area contributed by atoms with Crippen molar-refractivity contribution in [3.05, 3.63) is 296 Å². The Morgan fingerprint density at radius 3 is 0.864 bits per heavy atom. The fraction of sp³-hybridized carbons (Fsp3) is 0.126. The van der Waals surface area contributed by atoms with Crippen LogP contribution in [-0.4, -0.2) is 105 Å². The Morgan fingerprint density at radius 2 is 0.627 bits per heavy atom. The topological polar surface area (TPSA) is 394 Å². The summed E-state index contributed by atoms with van der Waals surface area (Å²) in [4.78, 5) is 114. The van der Waals surface area contributed by atoms with Crippen LogP contribution in [0.25, 0.3) is 124 Å². The van der Waals surface area contributed by atoms with E-state index < -0.39 is 0 Å². The summed E-state index contributed by atoms with van der Waals surface area (Å²) in [5, 5.41) is 40.0. The van der Waals surface area contributed by atoms with E-state index >= 15 is 0 Å². The number of aliphatic hydroxyl groups is 4. The maximum atomic E-state index is 10.4. The first-order valence-electron chi connectivity index (χ1n) is 34.4. The van der Waals surface area contributed by atoms with E-state index in [1.165, 1.54) is 79.2 Å². The number of carbonyl (C=O) groups excluding carboxylic acids is 5. The van der Waals surface area contributed by atoms with E-state index in [9.17, 15) is 19.2 Å². The molecule has 0 atom stereocenters. The molecular formula is C87H80Ir5N17O9-4. The van der Waals surface area contributed by atoms with Gasteiger partial charge in [-0.25, -0.2) is 4.98 Å². The third-order valence-corrected chi connectivity index (χ3v) is 14.8. The Morgan fingerprint density at radius 1 is 0.364 bits per heavy atom. The van der Waals surface area contributed by atoms with Crippen LogP contribution in [0.2, 0.25) is 0 Å². The average Bonchev–Trinajstić information content (AvgIpc) is 1.63. The molecule has 4 radical (unpaired) electrons. The SMILES string of the molecule is CC(=O)C(C)=C(C)O.CC(=O)C=C(C)O.CC(=O)C=C(C)O.CC(=O)C=C(C)O.Cc1ccnc(-c2nc3ccccc3[n-]2)c1.Cn1c(-c2nc3ccccc3[n-]2)nc2ccccc21.[C-]#N.[CH-]=O.[Ir+3].[Ir].[Ir].[Ir].[Ir].c1ccc(-c2nc3ccccc3[n-]2)nc1.c1ccc(-c2nc3ccccc3[n-]2)nc1.c1ccc(-c2nc3ccccc3[n-]2)nc1. The summed E-state index contributed by atoms with van der Waals surface area (Å²) in [6.45, 7) is 23.1. The van der Waals surface area contributed by atoms with Crippen molar-refractivity contribution in [3.63, 3.8) is 0 Å². The predicted molar refractivity (Wildman–Crippen MR) is 437 cm³/mol. The van der Waals surface area contributed by atoms with Gasteiger partial charge in [-0.2, -0.15) is 0 Å². The minimum absolute atomic E-state index is 0. The second-order valence-electron chi connectivity index (χ2n) is 24.0. The summed E-state index contributed by atoms with van der Waals surface area (Å²) in [5.41, 5.74) is 16.1. The van der Waals surface area contributed by atoms with Crippen molar-refractivity contribution >= 4 is 96.1 Å². The van der Waals surface area contributed by atoms with Crippen LogP contribution in [0.4, 0.5) is 0 Å². The Labute approximate surface area is 749 Å². The Hall–Kier alpha value is -12.0. The van der Waals surface area contributed by atoms with Gasteiger partial charge in [-0.3, -0.25) is 45.9 Å². The van der Waals surface area contributed by atoms with Gasteiger partial charge in [0.2, 0.25) is 0 Å². The number of carbonyl (C=O) groups is 4.